The average molecular weight is 356 g/mol. The maximum Gasteiger partial charge on any atom is 0.146 e. The SMILES string of the molecule is Cc1ccc(OCc2c(F)ccc(Br)c2F)c([C@H](C)N)c1. The Morgan fingerprint density at radius 3 is 2.62 bits per heavy atom. The molecule has 112 valence electrons. The van der Waals surface area contributed by atoms with Gasteiger partial charge < -0.3 is 10.5 Å². The zero-order valence-corrected chi connectivity index (χ0v) is 13.4. The maximum absolute atomic E-state index is 13.9. The van der Waals surface area contributed by atoms with Crippen LogP contribution >= 0.6 is 15.9 Å². The van der Waals surface area contributed by atoms with Crippen molar-refractivity contribution in [1.29, 1.82) is 0 Å². The van der Waals surface area contributed by atoms with Gasteiger partial charge >= 0.3 is 0 Å². The van der Waals surface area contributed by atoms with Crippen molar-refractivity contribution in [2.45, 2.75) is 26.5 Å². The van der Waals surface area contributed by atoms with Crippen LogP contribution in [0.5, 0.6) is 5.75 Å². The quantitative estimate of drug-likeness (QED) is 0.811. The molecule has 0 spiro atoms. The molecule has 2 rings (SSSR count). The summed E-state index contributed by atoms with van der Waals surface area (Å²) in [6.45, 7) is 3.59. The van der Waals surface area contributed by atoms with E-state index < -0.39 is 11.6 Å². The first-order valence-electron chi connectivity index (χ1n) is 6.51. The summed E-state index contributed by atoms with van der Waals surface area (Å²) in [7, 11) is 0. The first-order valence-corrected chi connectivity index (χ1v) is 7.30. The molecule has 1 atom stereocenters. The van der Waals surface area contributed by atoms with E-state index in [1.807, 2.05) is 26.0 Å². The van der Waals surface area contributed by atoms with Crippen molar-refractivity contribution in [3.63, 3.8) is 0 Å². The fraction of sp³-hybridized carbons (Fsp3) is 0.250. The normalized spacial score (nSPS) is 12.3. The van der Waals surface area contributed by atoms with Crippen LogP contribution in [0, 0.1) is 18.6 Å². The van der Waals surface area contributed by atoms with Crippen molar-refractivity contribution in [3.05, 3.63) is 63.1 Å². The number of aryl methyl sites for hydroxylation is 1. The van der Waals surface area contributed by atoms with E-state index in [4.69, 9.17) is 10.5 Å². The van der Waals surface area contributed by atoms with Gasteiger partial charge in [-0.2, -0.15) is 0 Å². The summed E-state index contributed by atoms with van der Waals surface area (Å²) in [4.78, 5) is 0. The zero-order valence-electron chi connectivity index (χ0n) is 11.8. The maximum atomic E-state index is 13.9. The van der Waals surface area contributed by atoms with Gasteiger partial charge in [-0.25, -0.2) is 8.78 Å². The number of ether oxygens (including phenoxy) is 1. The number of nitrogens with two attached hydrogens (primary N) is 1. The number of rotatable bonds is 4. The second-order valence-electron chi connectivity index (χ2n) is 4.94. The minimum absolute atomic E-state index is 0.111. The third kappa shape index (κ3) is 3.60. The molecule has 0 aliphatic heterocycles. The van der Waals surface area contributed by atoms with Gasteiger partial charge in [-0.15, -0.1) is 0 Å². The van der Waals surface area contributed by atoms with Gasteiger partial charge in [0.1, 0.15) is 24.0 Å². The van der Waals surface area contributed by atoms with Gasteiger partial charge in [-0.05, 0) is 48.0 Å². The summed E-state index contributed by atoms with van der Waals surface area (Å²) in [5.74, 6) is -0.746. The fourth-order valence-electron chi connectivity index (χ4n) is 2.01. The van der Waals surface area contributed by atoms with Crippen molar-refractivity contribution in [3.8, 4) is 5.75 Å². The molecule has 2 nitrogen and oxygen atoms in total. The predicted molar refractivity (Wildman–Crippen MR) is 82.2 cm³/mol. The van der Waals surface area contributed by atoms with E-state index in [-0.39, 0.29) is 22.7 Å². The fourth-order valence-corrected chi connectivity index (χ4v) is 2.38. The molecule has 0 saturated carbocycles. The second-order valence-corrected chi connectivity index (χ2v) is 5.79. The van der Waals surface area contributed by atoms with Crippen LogP contribution in [0.4, 0.5) is 8.78 Å². The van der Waals surface area contributed by atoms with Crippen molar-refractivity contribution in [2.24, 2.45) is 5.73 Å². The highest BCUT2D eigenvalue weighted by molar-refractivity contribution is 9.10. The molecular weight excluding hydrogens is 340 g/mol. The first-order chi connectivity index (χ1) is 9.90. The largest absolute Gasteiger partial charge is 0.488 e. The molecule has 21 heavy (non-hydrogen) atoms. The molecular formula is C16H16BrF2NO. The van der Waals surface area contributed by atoms with E-state index >= 15 is 0 Å². The Labute approximate surface area is 131 Å². The van der Waals surface area contributed by atoms with Crippen molar-refractivity contribution in [1.82, 2.24) is 0 Å². The topological polar surface area (TPSA) is 35.2 Å². The van der Waals surface area contributed by atoms with Crippen LogP contribution in [0.25, 0.3) is 0 Å². The molecule has 0 aromatic heterocycles. The summed E-state index contributed by atoms with van der Waals surface area (Å²) >= 11 is 3.04. The van der Waals surface area contributed by atoms with Gasteiger partial charge in [-0.3, -0.25) is 0 Å². The van der Waals surface area contributed by atoms with Crippen LogP contribution in [0.3, 0.4) is 0 Å². The van der Waals surface area contributed by atoms with E-state index in [0.717, 1.165) is 11.1 Å². The smallest absolute Gasteiger partial charge is 0.146 e. The molecule has 0 aliphatic rings. The van der Waals surface area contributed by atoms with Crippen LogP contribution in [0.1, 0.15) is 29.7 Å². The molecule has 0 saturated heterocycles. The Hall–Kier alpha value is -1.46. The minimum Gasteiger partial charge on any atom is -0.488 e. The summed E-state index contributed by atoms with van der Waals surface area (Å²) < 4.78 is 33.4. The molecule has 0 aliphatic carbocycles. The van der Waals surface area contributed by atoms with Crippen LogP contribution in [-0.2, 0) is 6.61 Å². The lowest BCUT2D eigenvalue weighted by atomic mass is 10.1. The average Bonchev–Trinajstić information content (AvgIpc) is 2.44. The lowest BCUT2D eigenvalue weighted by Crippen LogP contribution is -2.09. The predicted octanol–water partition coefficient (Wildman–Crippen LogP) is 4.63. The Balaban J connectivity index is 2.27. The standard InChI is InChI=1S/C16H16BrF2NO/c1-9-3-6-15(11(7-9)10(2)20)21-8-12-14(18)5-4-13(17)16(12)19/h3-7,10H,8,20H2,1-2H3/t10-/m0/s1. The van der Waals surface area contributed by atoms with Gasteiger partial charge in [0.05, 0.1) is 10.0 Å². The van der Waals surface area contributed by atoms with E-state index in [1.54, 1.807) is 6.07 Å². The van der Waals surface area contributed by atoms with Crippen LogP contribution < -0.4 is 10.5 Å². The zero-order chi connectivity index (χ0) is 15.6. The molecule has 2 aromatic carbocycles. The molecule has 0 fully saturated rings. The highest BCUT2D eigenvalue weighted by Gasteiger charge is 2.15. The molecule has 0 radical (unpaired) electrons. The molecule has 0 bridgehead atoms. The van der Waals surface area contributed by atoms with Crippen molar-refractivity contribution in [2.75, 3.05) is 0 Å². The lowest BCUT2D eigenvalue weighted by molar-refractivity contribution is 0.288. The van der Waals surface area contributed by atoms with E-state index in [9.17, 15) is 8.78 Å². The van der Waals surface area contributed by atoms with Crippen LogP contribution in [0.15, 0.2) is 34.8 Å². The van der Waals surface area contributed by atoms with Crippen molar-refractivity contribution < 1.29 is 13.5 Å². The van der Waals surface area contributed by atoms with Crippen LogP contribution in [0.2, 0.25) is 0 Å². The molecule has 2 N–H and O–H groups in total. The highest BCUT2D eigenvalue weighted by Crippen LogP contribution is 2.28. The van der Waals surface area contributed by atoms with Gasteiger partial charge in [-0.1, -0.05) is 17.7 Å². The number of hydrogen-bond donors (Lipinski definition) is 1. The Morgan fingerprint density at radius 1 is 1.24 bits per heavy atom. The lowest BCUT2D eigenvalue weighted by Gasteiger charge is -2.15. The second kappa shape index (κ2) is 6.54. The Morgan fingerprint density at radius 2 is 1.95 bits per heavy atom. The van der Waals surface area contributed by atoms with Crippen molar-refractivity contribution >= 4 is 15.9 Å². The Bertz CT molecular complexity index is 659. The number of hydrogen-bond acceptors (Lipinski definition) is 2. The van der Waals surface area contributed by atoms with Gasteiger partial charge in [0.25, 0.3) is 0 Å². The highest BCUT2D eigenvalue weighted by atomic mass is 79.9. The molecule has 0 unspecified atom stereocenters. The monoisotopic (exact) mass is 355 g/mol. The first kappa shape index (κ1) is 15.9. The number of halogens is 3. The van der Waals surface area contributed by atoms with Gasteiger partial charge in [0, 0.05) is 11.6 Å². The summed E-state index contributed by atoms with van der Waals surface area (Å²) in [5, 5.41) is 0. The van der Waals surface area contributed by atoms with Gasteiger partial charge in [0.15, 0.2) is 0 Å². The molecule has 5 heteroatoms. The molecule has 2 aromatic rings. The van der Waals surface area contributed by atoms with E-state index in [1.165, 1.54) is 12.1 Å². The summed E-state index contributed by atoms with van der Waals surface area (Å²) in [6, 6.07) is 7.85. The van der Waals surface area contributed by atoms with Crippen LogP contribution in [-0.4, -0.2) is 0 Å². The minimum atomic E-state index is -0.649. The third-order valence-electron chi connectivity index (χ3n) is 3.17. The van der Waals surface area contributed by atoms with E-state index in [0.29, 0.717) is 5.75 Å². The Kier molecular flexibility index (Phi) is 4.96. The van der Waals surface area contributed by atoms with E-state index in [2.05, 4.69) is 15.9 Å². The summed E-state index contributed by atoms with van der Waals surface area (Å²) in [5.41, 5.74) is 7.65. The third-order valence-corrected chi connectivity index (χ3v) is 3.78. The molecule has 0 amide bonds. The summed E-state index contributed by atoms with van der Waals surface area (Å²) in [6.07, 6.45) is 0. The molecule has 0 heterocycles. The number of benzene rings is 2. The van der Waals surface area contributed by atoms with Gasteiger partial charge in [0.2, 0.25) is 0 Å².